The zero-order chi connectivity index (χ0) is 17.1. The molecule has 1 N–H and O–H groups in total. The van der Waals surface area contributed by atoms with Crippen molar-refractivity contribution in [3.8, 4) is 0 Å². The number of aryl methyl sites for hydroxylation is 3. The third-order valence-corrected chi connectivity index (χ3v) is 4.73. The first-order valence-corrected chi connectivity index (χ1v) is 8.90. The summed E-state index contributed by atoms with van der Waals surface area (Å²) in [6.07, 6.45) is 0. The molecule has 0 aliphatic carbocycles. The van der Waals surface area contributed by atoms with E-state index in [0.29, 0.717) is 0 Å². The summed E-state index contributed by atoms with van der Waals surface area (Å²) >= 11 is 7.00. The van der Waals surface area contributed by atoms with Crippen LogP contribution in [-0.4, -0.2) is 19.5 Å². The third-order valence-electron chi connectivity index (χ3n) is 3.48. The van der Waals surface area contributed by atoms with Gasteiger partial charge in [0.1, 0.15) is 0 Å². The Morgan fingerprint density at radius 3 is 1.96 bits per heavy atom. The molecule has 0 bridgehead atoms. The standard InChI is InChI=1S/C18H20Br2N2O/c1-11-5-12(2)7-14(6-11)22(4)10-17(23)21-18-15(19)8-13(3)9-16(18)20/h5-9H,10H2,1-4H3,(H,21,23). The minimum atomic E-state index is -0.0584. The lowest BCUT2D eigenvalue weighted by atomic mass is 10.1. The van der Waals surface area contributed by atoms with Crippen LogP contribution in [0, 0.1) is 20.8 Å². The molecule has 0 spiro atoms. The van der Waals surface area contributed by atoms with Crippen LogP contribution in [0.25, 0.3) is 0 Å². The first kappa shape index (κ1) is 18.0. The molecule has 0 fully saturated rings. The number of anilines is 2. The second-order valence-electron chi connectivity index (χ2n) is 5.85. The van der Waals surface area contributed by atoms with Crippen molar-refractivity contribution in [3.63, 3.8) is 0 Å². The van der Waals surface area contributed by atoms with Gasteiger partial charge in [-0.3, -0.25) is 4.79 Å². The fraction of sp³-hybridized carbons (Fsp3) is 0.278. The Balaban J connectivity index is 2.10. The highest BCUT2D eigenvalue weighted by Gasteiger charge is 2.13. The van der Waals surface area contributed by atoms with E-state index in [4.69, 9.17) is 0 Å². The quantitative estimate of drug-likeness (QED) is 0.708. The molecule has 0 saturated heterocycles. The highest BCUT2D eigenvalue weighted by Crippen LogP contribution is 2.32. The smallest absolute Gasteiger partial charge is 0.243 e. The summed E-state index contributed by atoms with van der Waals surface area (Å²) in [5.74, 6) is -0.0584. The molecule has 1 amide bonds. The lowest BCUT2D eigenvalue weighted by Gasteiger charge is -2.20. The van der Waals surface area contributed by atoms with Gasteiger partial charge in [0, 0.05) is 21.7 Å². The van der Waals surface area contributed by atoms with Gasteiger partial charge in [-0.15, -0.1) is 0 Å². The molecule has 0 aliphatic rings. The zero-order valence-corrected chi connectivity index (χ0v) is 16.9. The van der Waals surface area contributed by atoms with Crippen LogP contribution in [-0.2, 0) is 4.79 Å². The van der Waals surface area contributed by atoms with E-state index in [1.165, 1.54) is 11.1 Å². The zero-order valence-electron chi connectivity index (χ0n) is 13.7. The molecule has 2 aromatic rings. The van der Waals surface area contributed by atoms with Gasteiger partial charge in [0.05, 0.1) is 12.2 Å². The Kier molecular flexibility index (Phi) is 5.87. The summed E-state index contributed by atoms with van der Waals surface area (Å²) in [6, 6.07) is 10.2. The molecule has 0 unspecified atom stereocenters. The largest absolute Gasteiger partial charge is 0.365 e. The minimum absolute atomic E-state index is 0.0584. The van der Waals surface area contributed by atoms with Crippen LogP contribution in [0.5, 0.6) is 0 Å². The van der Waals surface area contributed by atoms with E-state index < -0.39 is 0 Å². The Hall–Kier alpha value is -1.33. The van der Waals surface area contributed by atoms with Gasteiger partial charge in [0.2, 0.25) is 5.91 Å². The van der Waals surface area contributed by atoms with Crippen LogP contribution >= 0.6 is 31.9 Å². The molecular formula is C18H20Br2N2O. The first-order chi connectivity index (χ1) is 10.8. The minimum Gasteiger partial charge on any atom is -0.365 e. The molecule has 5 heteroatoms. The number of hydrogen-bond acceptors (Lipinski definition) is 2. The Bertz CT molecular complexity index is 701. The van der Waals surface area contributed by atoms with Crippen LogP contribution < -0.4 is 10.2 Å². The van der Waals surface area contributed by atoms with Crippen molar-refractivity contribution in [3.05, 3.63) is 56.0 Å². The van der Waals surface area contributed by atoms with Gasteiger partial charge in [-0.25, -0.2) is 0 Å². The Labute approximate surface area is 154 Å². The number of halogens is 2. The van der Waals surface area contributed by atoms with Gasteiger partial charge < -0.3 is 10.2 Å². The van der Waals surface area contributed by atoms with Gasteiger partial charge in [0.25, 0.3) is 0 Å². The number of carbonyl (C=O) groups excluding carboxylic acids is 1. The van der Waals surface area contributed by atoms with Gasteiger partial charge in [0.15, 0.2) is 0 Å². The molecular weight excluding hydrogens is 420 g/mol. The van der Waals surface area contributed by atoms with E-state index in [1.54, 1.807) is 0 Å². The van der Waals surface area contributed by atoms with Crippen molar-refractivity contribution < 1.29 is 4.79 Å². The van der Waals surface area contributed by atoms with Crippen LogP contribution in [0.2, 0.25) is 0 Å². The monoisotopic (exact) mass is 438 g/mol. The Morgan fingerprint density at radius 2 is 1.43 bits per heavy atom. The van der Waals surface area contributed by atoms with Gasteiger partial charge >= 0.3 is 0 Å². The maximum Gasteiger partial charge on any atom is 0.243 e. The molecule has 2 aromatic carbocycles. The highest BCUT2D eigenvalue weighted by molar-refractivity contribution is 9.11. The number of nitrogens with zero attached hydrogens (tertiary/aromatic N) is 1. The topological polar surface area (TPSA) is 32.3 Å². The molecule has 2 rings (SSSR count). The van der Waals surface area contributed by atoms with Crippen molar-refractivity contribution in [1.29, 1.82) is 0 Å². The van der Waals surface area contributed by atoms with Crippen molar-refractivity contribution >= 4 is 49.1 Å². The van der Waals surface area contributed by atoms with E-state index in [0.717, 1.165) is 25.9 Å². The first-order valence-electron chi connectivity index (χ1n) is 7.31. The number of nitrogens with one attached hydrogen (secondary N) is 1. The van der Waals surface area contributed by atoms with Crippen molar-refractivity contribution in [2.75, 3.05) is 23.8 Å². The SMILES string of the molecule is Cc1cc(C)cc(N(C)CC(=O)Nc2c(Br)cc(C)cc2Br)c1. The van der Waals surface area contributed by atoms with E-state index in [9.17, 15) is 4.79 Å². The maximum absolute atomic E-state index is 12.4. The fourth-order valence-corrected chi connectivity index (χ4v) is 4.09. The average molecular weight is 440 g/mol. The third kappa shape index (κ3) is 4.82. The predicted molar refractivity (Wildman–Crippen MR) is 104 cm³/mol. The van der Waals surface area contributed by atoms with E-state index >= 15 is 0 Å². The van der Waals surface area contributed by atoms with E-state index in [-0.39, 0.29) is 12.5 Å². The molecule has 0 atom stereocenters. The predicted octanol–water partition coefficient (Wildman–Crippen LogP) is 5.21. The summed E-state index contributed by atoms with van der Waals surface area (Å²) in [4.78, 5) is 14.3. The molecule has 0 aliphatic heterocycles. The number of benzene rings is 2. The van der Waals surface area contributed by atoms with Gasteiger partial charge in [-0.1, -0.05) is 6.07 Å². The molecule has 0 aromatic heterocycles. The number of amides is 1. The lowest BCUT2D eigenvalue weighted by molar-refractivity contribution is -0.114. The van der Waals surface area contributed by atoms with Crippen molar-refractivity contribution in [1.82, 2.24) is 0 Å². The fourth-order valence-electron chi connectivity index (χ4n) is 2.48. The van der Waals surface area contributed by atoms with Crippen LogP contribution in [0.15, 0.2) is 39.3 Å². The number of carbonyl (C=O) groups is 1. The van der Waals surface area contributed by atoms with E-state index in [2.05, 4.69) is 69.2 Å². The molecule has 0 saturated carbocycles. The lowest BCUT2D eigenvalue weighted by Crippen LogP contribution is -2.30. The summed E-state index contributed by atoms with van der Waals surface area (Å²) in [7, 11) is 1.92. The highest BCUT2D eigenvalue weighted by atomic mass is 79.9. The van der Waals surface area contributed by atoms with Crippen molar-refractivity contribution in [2.24, 2.45) is 0 Å². The number of rotatable bonds is 4. The van der Waals surface area contributed by atoms with Gasteiger partial charge in [-0.05, 0) is 93.6 Å². The van der Waals surface area contributed by atoms with Crippen molar-refractivity contribution in [2.45, 2.75) is 20.8 Å². The number of hydrogen-bond donors (Lipinski definition) is 1. The van der Waals surface area contributed by atoms with Gasteiger partial charge in [-0.2, -0.15) is 0 Å². The normalized spacial score (nSPS) is 10.5. The Morgan fingerprint density at radius 1 is 0.957 bits per heavy atom. The molecule has 23 heavy (non-hydrogen) atoms. The van der Waals surface area contributed by atoms with Crippen LogP contribution in [0.1, 0.15) is 16.7 Å². The summed E-state index contributed by atoms with van der Waals surface area (Å²) < 4.78 is 1.73. The second kappa shape index (κ2) is 7.49. The molecule has 0 heterocycles. The van der Waals surface area contributed by atoms with Crippen LogP contribution in [0.3, 0.4) is 0 Å². The summed E-state index contributed by atoms with van der Waals surface area (Å²) in [5.41, 5.74) is 5.30. The van der Waals surface area contributed by atoms with E-state index in [1.807, 2.05) is 31.0 Å². The maximum atomic E-state index is 12.4. The van der Waals surface area contributed by atoms with Crippen LogP contribution in [0.4, 0.5) is 11.4 Å². The average Bonchev–Trinajstić information content (AvgIpc) is 2.41. The summed E-state index contributed by atoms with van der Waals surface area (Å²) in [5, 5.41) is 2.96. The number of likely N-dealkylation sites (N-methyl/N-ethyl adjacent to an activating group) is 1. The molecule has 0 radical (unpaired) electrons. The summed E-state index contributed by atoms with van der Waals surface area (Å²) in [6.45, 7) is 6.42. The second-order valence-corrected chi connectivity index (χ2v) is 7.56. The molecule has 122 valence electrons. The molecule has 3 nitrogen and oxygen atoms in total.